The van der Waals surface area contributed by atoms with Crippen LogP contribution in [-0.4, -0.2) is 18.1 Å². The topological polar surface area (TPSA) is 24.9 Å². The Bertz CT molecular complexity index is 968. The van der Waals surface area contributed by atoms with E-state index in [4.69, 9.17) is 0 Å². The summed E-state index contributed by atoms with van der Waals surface area (Å²) in [7, 11) is 0. The van der Waals surface area contributed by atoms with E-state index in [2.05, 4.69) is 38.0 Å². The molecule has 0 aliphatic carbocycles. The Morgan fingerprint density at radius 3 is 2.27 bits per heavy atom. The minimum absolute atomic E-state index is 0. The summed E-state index contributed by atoms with van der Waals surface area (Å²) in [6.07, 6.45) is 2.12. The van der Waals surface area contributed by atoms with Crippen LogP contribution in [0.25, 0.3) is 11.1 Å². The van der Waals surface area contributed by atoms with Crippen molar-refractivity contribution in [1.29, 1.82) is 0 Å². The van der Waals surface area contributed by atoms with Crippen LogP contribution in [0.2, 0.25) is 0 Å². The van der Waals surface area contributed by atoms with Crippen molar-refractivity contribution in [3.8, 4) is 0 Å². The van der Waals surface area contributed by atoms with Gasteiger partial charge in [0.2, 0.25) is 0 Å². The van der Waals surface area contributed by atoms with Gasteiger partial charge in [-0.15, -0.1) is 0 Å². The molecular formula is C28H37F3N2. The van der Waals surface area contributed by atoms with Gasteiger partial charge in [-0.3, -0.25) is 4.98 Å². The molecule has 1 aliphatic rings. The molecule has 33 heavy (non-hydrogen) atoms. The maximum absolute atomic E-state index is 13.5. The highest BCUT2D eigenvalue weighted by Gasteiger charge is 2.31. The van der Waals surface area contributed by atoms with E-state index in [0.717, 1.165) is 60.7 Å². The summed E-state index contributed by atoms with van der Waals surface area (Å²) >= 11 is 0. The van der Waals surface area contributed by atoms with Crippen LogP contribution in [0.5, 0.6) is 0 Å². The van der Waals surface area contributed by atoms with Gasteiger partial charge in [-0.05, 0) is 110 Å². The average molecular weight is 459 g/mol. The van der Waals surface area contributed by atoms with Crippen molar-refractivity contribution in [3.63, 3.8) is 0 Å². The van der Waals surface area contributed by atoms with Gasteiger partial charge in [0.15, 0.2) is 0 Å². The zero-order valence-electron chi connectivity index (χ0n) is 19.4. The van der Waals surface area contributed by atoms with Crippen molar-refractivity contribution < 1.29 is 13.2 Å². The van der Waals surface area contributed by atoms with Crippen molar-refractivity contribution in [1.82, 2.24) is 10.3 Å². The van der Waals surface area contributed by atoms with Crippen molar-refractivity contribution in [2.75, 3.05) is 13.1 Å². The predicted molar refractivity (Wildman–Crippen MR) is 133 cm³/mol. The molecule has 2 nitrogen and oxygen atoms in total. The number of aromatic nitrogens is 1. The van der Waals surface area contributed by atoms with E-state index < -0.39 is 11.7 Å². The van der Waals surface area contributed by atoms with Crippen molar-refractivity contribution in [2.24, 2.45) is 11.8 Å². The molecule has 0 radical (unpaired) electrons. The Morgan fingerprint density at radius 2 is 1.70 bits per heavy atom. The highest BCUT2D eigenvalue weighted by atomic mass is 19.4. The normalized spacial score (nSPS) is 17.5. The Hall–Kier alpha value is -2.40. The smallest absolute Gasteiger partial charge is 0.317 e. The third-order valence-electron chi connectivity index (χ3n) is 6.76. The molecule has 1 aromatic heterocycles. The molecule has 0 amide bonds. The summed E-state index contributed by atoms with van der Waals surface area (Å²) in [6.45, 7) is 10.5. The predicted octanol–water partition coefficient (Wildman–Crippen LogP) is 8.03. The Labute approximate surface area is 197 Å². The number of benzene rings is 1. The summed E-state index contributed by atoms with van der Waals surface area (Å²) < 4.78 is 40.6. The van der Waals surface area contributed by atoms with Crippen LogP contribution in [0.4, 0.5) is 13.2 Å². The Balaban J connectivity index is 0.00000385. The van der Waals surface area contributed by atoms with Gasteiger partial charge < -0.3 is 5.32 Å². The minimum Gasteiger partial charge on any atom is -0.317 e. The summed E-state index contributed by atoms with van der Waals surface area (Å²) in [5.74, 6) is 0.574. The summed E-state index contributed by atoms with van der Waals surface area (Å²) in [5, 5.41) is 3.42. The number of halogens is 3. The monoisotopic (exact) mass is 458 g/mol. The summed E-state index contributed by atoms with van der Waals surface area (Å²) in [4.78, 5) is 4.17. The van der Waals surface area contributed by atoms with Crippen molar-refractivity contribution in [2.45, 2.75) is 60.6 Å². The van der Waals surface area contributed by atoms with Gasteiger partial charge in [-0.2, -0.15) is 13.2 Å². The Kier molecular flexibility index (Phi) is 9.47. The van der Waals surface area contributed by atoms with Gasteiger partial charge in [0.1, 0.15) is 0 Å². The highest BCUT2D eigenvalue weighted by molar-refractivity contribution is 5.99. The lowest BCUT2D eigenvalue weighted by atomic mass is 9.79. The van der Waals surface area contributed by atoms with Crippen LogP contribution in [0.15, 0.2) is 59.9 Å². The Morgan fingerprint density at radius 1 is 1.06 bits per heavy atom. The third-order valence-corrected chi connectivity index (χ3v) is 6.76. The first-order chi connectivity index (χ1) is 15.2. The summed E-state index contributed by atoms with van der Waals surface area (Å²) in [6, 6.07) is 9.70. The SMILES string of the molecule is C.CCC(C)/C(=C(\C(C)=C(/C)C1CCNCC1)c1ccncc1)c1cccc(C(F)(F)F)c1. The van der Waals surface area contributed by atoms with E-state index in [1.807, 2.05) is 18.2 Å². The van der Waals surface area contributed by atoms with Gasteiger partial charge in [0, 0.05) is 12.4 Å². The molecule has 1 aromatic carbocycles. The molecule has 1 N–H and O–H groups in total. The van der Waals surface area contributed by atoms with Gasteiger partial charge in [0.25, 0.3) is 0 Å². The lowest BCUT2D eigenvalue weighted by Gasteiger charge is -2.28. The average Bonchev–Trinajstić information content (AvgIpc) is 2.81. The second-order valence-corrected chi connectivity index (χ2v) is 8.74. The highest BCUT2D eigenvalue weighted by Crippen LogP contribution is 2.42. The molecule has 0 bridgehead atoms. The standard InChI is InChI=1S/C27H33F3N2.CH4/c1-5-18(2)25(23-7-6-8-24(17-23)27(28,29)30)26(22-11-15-32-16-12-22)20(4)19(3)21-9-13-31-14-10-21;/h6-8,11-12,15-18,21,31H,5,9-10,13-14H2,1-4H3;1H4/b20-19+,26-25-;. The molecule has 2 heterocycles. The van der Waals surface area contributed by atoms with Gasteiger partial charge in [-0.1, -0.05) is 39.0 Å². The second kappa shape index (κ2) is 11.6. The third kappa shape index (κ3) is 6.35. The lowest BCUT2D eigenvalue weighted by Crippen LogP contribution is -2.28. The zero-order valence-corrected chi connectivity index (χ0v) is 19.4. The molecule has 1 unspecified atom stereocenters. The zero-order chi connectivity index (χ0) is 23.3. The number of nitrogens with zero attached hydrogens (tertiary/aromatic N) is 1. The van der Waals surface area contributed by atoms with Crippen LogP contribution >= 0.6 is 0 Å². The van der Waals surface area contributed by atoms with Crippen molar-refractivity contribution in [3.05, 3.63) is 76.6 Å². The number of rotatable bonds is 6. The van der Waals surface area contributed by atoms with Crippen LogP contribution < -0.4 is 5.32 Å². The number of allylic oxidation sites excluding steroid dienone is 4. The van der Waals surface area contributed by atoms with Crippen LogP contribution in [-0.2, 0) is 6.18 Å². The first-order valence-corrected chi connectivity index (χ1v) is 11.4. The quantitative estimate of drug-likeness (QED) is 0.443. The van der Waals surface area contributed by atoms with E-state index in [1.165, 1.54) is 17.7 Å². The molecular weight excluding hydrogens is 421 g/mol. The summed E-state index contributed by atoms with van der Waals surface area (Å²) in [5.41, 5.74) is 5.52. The number of alkyl halides is 3. The first kappa shape index (κ1) is 26.8. The van der Waals surface area contributed by atoms with Crippen LogP contribution in [0, 0.1) is 11.8 Å². The molecule has 2 aromatic rings. The minimum atomic E-state index is -4.37. The molecule has 1 saturated heterocycles. The molecule has 3 rings (SSSR count). The largest absolute Gasteiger partial charge is 0.416 e. The van der Waals surface area contributed by atoms with E-state index >= 15 is 0 Å². The van der Waals surface area contributed by atoms with Crippen LogP contribution in [0.1, 0.15) is 71.1 Å². The van der Waals surface area contributed by atoms with Crippen molar-refractivity contribution >= 4 is 11.1 Å². The number of piperidine rings is 1. The number of nitrogens with one attached hydrogen (secondary N) is 1. The number of hydrogen-bond acceptors (Lipinski definition) is 2. The lowest BCUT2D eigenvalue weighted by molar-refractivity contribution is -0.137. The van der Waals surface area contributed by atoms with Gasteiger partial charge >= 0.3 is 6.18 Å². The van der Waals surface area contributed by atoms with Gasteiger partial charge in [-0.25, -0.2) is 0 Å². The molecule has 180 valence electrons. The fourth-order valence-corrected chi connectivity index (χ4v) is 4.59. The molecule has 0 saturated carbocycles. The second-order valence-electron chi connectivity index (χ2n) is 8.74. The molecule has 1 fully saturated rings. The number of pyridine rings is 1. The van der Waals surface area contributed by atoms with E-state index in [1.54, 1.807) is 12.4 Å². The van der Waals surface area contributed by atoms with E-state index in [0.29, 0.717) is 11.5 Å². The van der Waals surface area contributed by atoms with Crippen LogP contribution in [0.3, 0.4) is 0 Å². The fraction of sp³-hybridized carbons (Fsp3) is 0.464. The maximum atomic E-state index is 13.5. The van der Waals surface area contributed by atoms with E-state index in [9.17, 15) is 13.2 Å². The molecule has 0 spiro atoms. The molecule has 1 aliphatic heterocycles. The fourth-order valence-electron chi connectivity index (χ4n) is 4.59. The van der Waals surface area contributed by atoms with Gasteiger partial charge in [0.05, 0.1) is 5.56 Å². The maximum Gasteiger partial charge on any atom is 0.416 e. The van der Waals surface area contributed by atoms with E-state index in [-0.39, 0.29) is 13.3 Å². The molecule has 5 heteroatoms. The number of hydrogen-bond donors (Lipinski definition) is 1. The first-order valence-electron chi connectivity index (χ1n) is 11.4. The molecule has 1 atom stereocenters.